The summed E-state index contributed by atoms with van der Waals surface area (Å²) >= 11 is 1.53. The van der Waals surface area contributed by atoms with Gasteiger partial charge in [0.25, 0.3) is 5.91 Å². The number of benzene rings is 1. The molecule has 0 spiro atoms. The van der Waals surface area contributed by atoms with Gasteiger partial charge in [-0.15, -0.1) is 11.3 Å². The number of amides is 2. The zero-order chi connectivity index (χ0) is 23.6. The Morgan fingerprint density at radius 1 is 1.27 bits per heavy atom. The molecular weight excluding hydrogens is 457 g/mol. The first kappa shape index (κ1) is 23.7. The number of hydrogen-bond donors (Lipinski definition) is 4. The number of alkyl halides is 3. The first-order valence-electron chi connectivity index (χ1n) is 10.8. The van der Waals surface area contributed by atoms with Crippen molar-refractivity contribution >= 4 is 23.2 Å². The second-order valence-corrected chi connectivity index (χ2v) is 9.44. The van der Waals surface area contributed by atoms with Gasteiger partial charge >= 0.3 is 6.18 Å². The summed E-state index contributed by atoms with van der Waals surface area (Å²) in [4.78, 5) is 29.7. The van der Waals surface area contributed by atoms with Crippen molar-refractivity contribution in [3.63, 3.8) is 0 Å². The molecule has 33 heavy (non-hydrogen) atoms. The summed E-state index contributed by atoms with van der Waals surface area (Å²) in [5, 5.41) is 19.0. The lowest BCUT2D eigenvalue weighted by Crippen LogP contribution is -2.68. The summed E-state index contributed by atoms with van der Waals surface area (Å²) in [5.74, 6) is -0.837. The molecule has 1 aliphatic carbocycles. The van der Waals surface area contributed by atoms with Crippen LogP contribution in [0.3, 0.4) is 0 Å². The molecule has 2 amide bonds. The Balaban J connectivity index is 1.27. The minimum atomic E-state index is -4.55. The molecule has 0 radical (unpaired) electrons. The first-order valence-corrected chi connectivity index (χ1v) is 11.6. The Hall–Kier alpha value is -2.50. The van der Waals surface area contributed by atoms with Crippen LogP contribution in [0.15, 0.2) is 36.0 Å². The van der Waals surface area contributed by atoms with Gasteiger partial charge in [0.2, 0.25) is 5.91 Å². The SMILES string of the molecule is O=C(CNC(=O)c1cccc(C(F)(F)F)c1)NC1CNC1C1CC[C@H](O)[C@@H](c2cncs2)C1. The first-order chi connectivity index (χ1) is 15.7. The number of rotatable bonds is 6. The fraction of sp³-hybridized carbons (Fsp3) is 0.500. The predicted molar refractivity (Wildman–Crippen MR) is 116 cm³/mol. The molecule has 1 aromatic carbocycles. The molecule has 178 valence electrons. The van der Waals surface area contributed by atoms with Crippen molar-refractivity contribution in [1.29, 1.82) is 0 Å². The molecule has 2 heterocycles. The summed E-state index contributed by atoms with van der Waals surface area (Å²) in [6.07, 6.45) is -0.845. The van der Waals surface area contributed by atoms with Crippen LogP contribution in [-0.4, -0.2) is 53.2 Å². The minimum absolute atomic E-state index is 0.0294. The molecule has 3 unspecified atom stereocenters. The number of halogens is 3. The number of nitrogens with zero attached hydrogens (tertiary/aromatic N) is 1. The lowest BCUT2D eigenvalue weighted by atomic mass is 9.72. The molecule has 1 saturated heterocycles. The number of carbonyl (C=O) groups is 2. The smallest absolute Gasteiger partial charge is 0.392 e. The van der Waals surface area contributed by atoms with Gasteiger partial charge in [-0.1, -0.05) is 6.07 Å². The van der Waals surface area contributed by atoms with Crippen LogP contribution in [0, 0.1) is 5.92 Å². The van der Waals surface area contributed by atoms with Crippen molar-refractivity contribution in [2.24, 2.45) is 5.92 Å². The normalized spacial score (nSPS) is 27.5. The van der Waals surface area contributed by atoms with Crippen LogP contribution in [0.4, 0.5) is 13.2 Å². The van der Waals surface area contributed by atoms with Crippen molar-refractivity contribution in [3.8, 4) is 0 Å². The molecule has 7 nitrogen and oxygen atoms in total. The summed E-state index contributed by atoms with van der Waals surface area (Å²) in [6.45, 7) is 0.271. The third-order valence-electron chi connectivity index (χ3n) is 6.39. The van der Waals surface area contributed by atoms with Crippen molar-refractivity contribution in [2.75, 3.05) is 13.1 Å². The van der Waals surface area contributed by atoms with E-state index in [4.69, 9.17) is 0 Å². The number of aliphatic hydroxyl groups excluding tert-OH is 1. The second-order valence-electron chi connectivity index (χ2n) is 8.52. The fourth-order valence-corrected chi connectivity index (χ4v) is 5.39. The van der Waals surface area contributed by atoms with Gasteiger partial charge in [-0.3, -0.25) is 14.6 Å². The molecule has 1 saturated carbocycles. The zero-order valence-corrected chi connectivity index (χ0v) is 18.5. The highest BCUT2D eigenvalue weighted by Gasteiger charge is 2.42. The van der Waals surface area contributed by atoms with Crippen LogP contribution < -0.4 is 16.0 Å². The van der Waals surface area contributed by atoms with Crippen LogP contribution in [0.2, 0.25) is 0 Å². The van der Waals surface area contributed by atoms with E-state index in [1.54, 1.807) is 11.7 Å². The van der Waals surface area contributed by atoms with Gasteiger partial charge in [0, 0.05) is 35.1 Å². The predicted octanol–water partition coefficient (Wildman–Crippen LogP) is 2.29. The Kier molecular flexibility index (Phi) is 7.01. The Morgan fingerprint density at radius 3 is 2.76 bits per heavy atom. The summed E-state index contributed by atoms with van der Waals surface area (Å²) in [6, 6.07) is 4.03. The van der Waals surface area contributed by atoms with Crippen LogP contribution in [0.5, 0.6) is 0 Å². The molecule has 0 bridgehead atoms. The number of nitrogens with one attached hydrogen (secondary N) is 3. The van der Waals surface area contributed by atoms with E-state index in [9.17, 15) is 27.9 Å². The quantitative estimate of drug-likeness (QED) is 0.506. The lowest BCUT2D eigenvalue weighted by Gasteiger charge is -2.46. The average Bonchev–Trinajstić information content (AvgIpc) is 3.30. The summed E-state index contributed by atoms with van der Waals surface area (Å²) in [5.41, 5.74) is 0.678. The highest BCUT2D eigenvalue weighted by molar-refractivity contribution is 7.09. The third-order valence-corrected chi connectivity index (χ3v) is 7.30. The Labute approximate surface area is 192 Å². The molecule has 1 aliphatic heterocycles. The summed E-state index contributed by atoms with van der Waals surface area (Å²) < 4.78 is 38.5. The van der Waals surface area contributed by atoms with Gasteiger partial charge in [-0.2, -0.15) is 13.2 Å². The Morgan fingerprint density at radius 2 is 2.09 bits per heavy atom. The standard InChI is InChI=1S/C22H25F3N4O3S/c23-22(24,25)14-3-1-2-13(6-14)21(32)28-10-19(31)29-16-8-27-20(16)12-4-5-17(30)15(7-12)18-9-26-11-33-18/h1-3,6,9,11-12,15-17,20,27,30H,4-5,7-8,10H2,(H,28,32)(H,29,31)/t12?,15-,16?,17-,20?/m0/s1. The topological polar surface area (TPSA) is 103 Å². The van der Waals surface area contributed by atoms with Crippen molar-refractivity contribution < 1.29 is 27.9 Å². The van der Waals surface area contributed by atoms with E-state index < -0.39 is 29.7 Å². The number of aliphatic hydroxyl groups is 1. The number of hydrogen-bond acceptors (Lipinski definition) is 6. The van der Waals surface area contributed by atoms with Gasteiger partial charge in [-0.25, -0.2) is 0 Å². The highest BCUT2D eigenvalue weighted by atomic mass is 32.1. The van der Waals surface area contributed by atoms with E-state index in [1.807, 2.05) is 0 Å². The molecule has 4 N–H and O–H groups in total. The molecule has 2 fully saturated rings. The van der Waals surface area contributed by atoms with Crippen LogP contribution in [0.25, 0.3) is 0 Å². The molecule has 5 atom stereocenters. The second kappa shape index (κ2) is 9.78. The highest BCUT2D eigenvalue weighted by Crippen LogP contribution is 2.40. The zero-order valence-electron chi connectivity index (χ0n) is 17.6. The van der Waals surface area contributed by atoms with Crippen molar-refractivity contribution in [1.82, 2.24) is 20.9 Å². The third kappa shape index (κ3) is 5.53. The largest absolute Gasteiger partial charge is 0.416 e. The van der Waals surface area contributed by atoms with Crippen molar-refractivity contribution in [2.45, 2.75) is 49.5 Å². The number of aromatic nitrogens is 1. The number of carbonyl (C=O) groups excluding carboxylic acids is 2. The van der Waals surface area contributed by atoms with Crippen molar-refractivity contribution in [3.05, 3.63) is 52.0 Å². The van der Waals surface area contributed by atoms with E-state index in [1.165, 1.54) is 17.4 Å². The van der Waals surface area contributed by atoms with Gasteiger partial charge < -0.3 is 21.1 Å². The molecule has 4 rings (SSSR count). The van der Waals surface area contributed by atoms with Gasteiger partial charge in [-0.05, 0) is 43.4 Å². The average molecular weight is 483 g/mol. The monoisotopic (exact) mass is 482 g/mol. The number of thiazole rings is 1. The van der Waals surface area contributed by atoms with Gasteiger partial charge in [0.05, 0.1) is 29.8 Å². The molecule has 1 aromatic heterocycles. The van der Waals surface area contributed by atoms with E-state index in [0.29, 0.717) is 13.0 Å². The molecule has 2 aromatic rings. The molecular formula is C22H25F3N4O3S. The van der Waals surface area contributed by atoms with Crippen LogP contribution in [-0.2, 0) is 11.0 Å². The van der Waals surface area contributed by atoms with Gasteiger partial charge in [0.15, 0.2) is 0 Å². The summed E-state index contributed by atoms with van der Waals surface area (Å²) in [7, 11) is 0. The van der Waals surface area contributed by atoms with Gasteiger partial charge in [0.1, 0.15) is 0 Å². The van der Waals surface area contributed by atoms with E-state index in [2.05, 4.69) is 20.9 Å². The molecule has 11 heteroatoms. The minimum Gasteiger partial charge on any atom is -0.392 e. The maximum Gasteiger partial charge on any atom is 0.416 e. The Bertz CT molecular complexity index is 986. The maximum atomic E-state index is 12.8. The van der Waals surface area contributed by atoms with Crippen LogP contribution in [0.1, 0.15) is 46.0 Å². The maximum absolute atomic E-state index is 12.8. The molecule has 2 aliphatic rings. The lowest BCUT2D eigenvalue weighted by molar-refractivity contribution is -0.137. The van der Waals surface area contributed by atoms with E-state index in [-0.39, 0.29) is 36.0 Å². The van der Waals surface area contributed by atoms with Crippen LogP contribution >= 0.6 is 11.3 Å². The van der Waals surface area contributed by atoms with E-state index in [0.717, 1.165) is 35.9 Å². The van der Waals surface area contributed by atoms with E-state index >= 15 is 0 Å². The fourth-order valence-electron chi connectivity index (χ4n) is 4.59.